The molecule has 0 aromatic heterocycles. The van der Waals surface area contributed by atoms with Crippen LogP contribution < -0.4 is 9.47 Å². The number of oxime groups is 1. The summed E-state index contributed by atoms with van der Waals surface area (Å²) in [7, 11) is 0. The molecule has 0 aliphatic heterocycles. The van der Waals surface area contributed by atoms with Crippen LogP contribution in [0.1, 0.15) is 19.3 Å². The zero-order valence-electron chi connectivity index (χ0n) is 13.4. The first-order chi connectivity index (χ1) is 12.0. The van der Waals surface area contributed by atoms with E-state index >= 15 is 0 Å². The Morgan fingerprint density at radius 2 is 1.72 bits per heavy atom. The second-order valence-electron chi connectivity index (χ2n) is 4.78. The Morgan fingerprint density at radius 1 is 1.04 bits per heavy atom. The van der Waals surface area contributed by atoms with Crippen molar-refractivity contribution in [2.45, 2.75) is 19.3 Å². The summed E-state index contributed by atoms with van der Waals surface area (Å²) in [5.41, 5.74) is 0. The van der Waals surface area contributed by atoms with Crippen LogP contribution in [0.4, 0.5) is 0 Å². The fourth-order valence-electron chi connectivity index (χ4n) is 1.73. The third kappa shape index (κ3) is 10.0. The molecule has 0 spiro atoms. The molecule has 0 unspecified atom stereocenters. The molecule has 0 saturated carbocycles. The third-order valence-electron chi connectivity index (χ3n) is 2.86. The molecule has 0 aliphatic carbocycles. The predicted octanol–water partition coefficient (Wildman–Crippen LogP) is 5.72. The Morgan fingerprint density at radius 3 is 2.36 bits per heavy atom. The van der Waals surface area contributed by atoms with E-state index in [9.17, 15) is 0 Å². The summed E-state index contributed by atoms with van der Waals surface area (Å²) in [5.74, 6) is 0.912. The van der Waals surface area contributed by atoms with Gasteiger partial charge in [0.05, 0.1) is 23.3 Å². The summed E-state index contributed by atoms with van der Waals surface area (Å²) in [4.78, 5) is 0. The lowest BCUT2D eigenvalue weighted by molar-refractivity contribution is 0.133. The van der Waals surface area contributed by atoms with Crippen molar-refractivity contribution in [3.63, 3.8) is 0 Å². The lowest BCUT2D eigenvalue weighted by Crippen LogP contribution is -2.03. The molecule has 140 valence electrons. The Hall–Kier alpha value is -0.850. The minimum atomic E-state index is 0.127. The first-order valence-corrected chi connectivity index (χ1v) is 9.05. The third-order valence-corrected chi connectivity index (χ3v) is 3.73. The fraction of sp³-hybridized carbons (Fsp3) is 0.438. The summed E-state index contributed by atoms with van der Waals surface area (Å²) in [6.07, 6.45) is 5.10. The van der Waals surface area contributed by atoms with Gasteiger partial charge >= 0.3 is 0 Å². The van der Waals surface area contributed by atoms with Gasteiger partial charge in [-0.15, -0.1) is 5.16 Å². The minimum absolute atomic E-state index is 0.127. The zero-order valence-corrected chi connectivity index (χ0v) is 16.4. The van der Waals surface area contributed by atoms with Gasteiger partial charge < -0.3 is 19.4 Å². The van der Waals surface area contributed by atoms with Crippen molar-refractivity contribution in [1.82, 2.24) is 0 Å². The van der Waals surface area contributed by atoms with Gasteiger partial charge in [-0.2, -0.15) is 0 Å². The molecule has 0 fully saturated rings. The number of unbranched alkanes of at least 4 members (excludes halogenated alkanes) is 1. The molecule has 0 heterocycles. The average molecular weight is 431 g/mol. The van der Waals surface area contributed by atoms with E-state index in [-0.39, 0.29) is 11.1 Å². The molecule has 25 heavy (non-hydrogen) atoms. The smallest absolute Gasteiger partial charge is 0.156 e. The number of rotatable bonds is 12. The van der Waals surface area contributed by atoms with Gasteiger partial charge in [-0.25, -0.2) is 0 Å². The van der Waals surface area contributed by atoms with Crippen molar-refractivity contribution in [3.8, 4) is 11.5 Å². The van der Waals surface area contributed by atoms with Gasteiger partial charge in [-0.1, -0.05) is 46.4 Å². The molecule has 0 atom stereocenters. The Balaban J connectivity index is 2.32. The van der Waals surface area contributed by atoms with Crippen LogP contribution in [0.2, 0.25) is 10.0 Å². The van der Waals surface area contributed by atoms with E-state index in [2.05, 4.69) is 5.16 Å². The molecular formula is C16H19Cl4NO4. The summed E-state index contributed by atoms with van der Waals surface area (Å²) < 4.78 is 16.5. The monoisotopic (exact) mass is 429 g/mol. The van der Waals surface area contributed by atoms with E-state index < -0.39 is 0 Å². The normalized spacial score (nSPS) is 10.9. The standard InChI is InChI=1S/C16H19Cl4NO4/c17-13-10-12(24-9-4-15(19)20)11-14(18)16(13)25-8-2-1-6-23-7-3-5-21-22/h4-5,10-11,22H,1-3,6-9H2. The SMILES string of the molecule is ON=CCCOCCCCOc1c(Cl)cc(OCC=C(Cl)Cl)cc1Cl. The minimum Gasteiger partial charge on any atom is -0.490 e. The maximum atomic E-state index is 8.23. The van der Waals surface area contributed by atoms with E-state index in [4.69, 9.17) is 65.8 Å². The summed E-state index contributed by atoms with van der Waals surface area (Å²) in [6.45, 7) is 1.80. The van der Waals surface area contributed by atoms with E-state index in [0.717, 1.165) is 12.8 Å². The van der Waals surface area contributed by atoms with Crippen molar-refractivity contribution in [1.29, 1.82) is 0 Å². The second-order valence-corrected chi connectivity index (χ2v) is 6.60. The van der Waals surface area contributed by atoms with Gasteiger partial charge in [-0.3, -0.25) is 0 Å². The van der Waals surface area contributed by atoms with Crippen LogP contribution in [-0.4, -0.2) is 37.8 Å². The van der Waals surface area contributed by atoms with Gasteiger partial charge in [0.15, 0.2) is 5.75 Å². The van der Waals surface area contributed by atoms with Gasteiger partial charge in [0, 0.05) is 31.4 Å². The number of nitrogens with zero attached hydrogens (tertiary/aromatic N) is 1. The fourth-order valence-corrected chi connectivity index (χ4v) is 2.44. The molecule has 0 amide bonds. The van der Waals surface area contributed by atoms with E-state index in [1.165, 1.54) is 12.3 Å². The average Bonchev–Trinajstić information content (AvgIpc) is 2.55. The van der Waals surface area contributed by atoms with Crippen LogP contribution in [0.5, 0.6) is 11.5 Å². The first kappa shape index (κ1) is 22.2. The van der Waals surface area contributed by atoms with Crippen LogP contribution in [0.25, 0.3) is 0 Å². The Bertz CT molecular complexity index is 554. The molecule has 9 heteroatoms. The number of halogens is 4. The molecule has 0 aliphatic rings. The molecule has 0 radical (unpaired) electrons. The highest BCUT2D eigenvalue weighted by molar-refractivity contribution is 6.55. The van der Waals surface area contributed by atoms with Crippen LogP contribution in [-0.2, 0) is 4.74 Å². The zero-order chi connectivity index (χ0) is 18.5. The maximum absolute atomic E-state index is 8.23. The number of hydrogen-bond acceptors (Lipinski definition) is 5. The molecule has 1 aromatic carbocycles. The van der Waals surface area contributed by atoms with Crippen molar-refractivity contribution in [2.75, 3.05) is 26.4 Å². The highest BCUT2D eigenvalue weighted by atomic mass is 35.5. The lowest BCUT2D eigenvalue weighted by Gasteiger charge is -2.12. The molecule has 1 rings (SSSR count). The van der Waals surface area contributed by atoms with Gasteiger partial charge in [0.2, 0.25) is 0 Å². The number of hydrogen-bond donors (Lipinski definition) is 1. The molecule has 0 saturated heterocycles. The van der Waals surface area contributed by atoms with Gasteiger partial charge in [0.1, 0.15) is 16.8 Å². The summed E-state index contributed by atoms with van der Waals surface area (Å²) in [6, 6.07) is 3.23. The highest BCUT2D eigenvalue weighted by Gasteiger charge is 2.10. The number of benzene rings is 1. The summed E-state index contributed by atoms with van der Waals surface area (Å²) in [5, 5.41) is 11.8. The molecule has 1 N–H and O–H groups in total. The van der Waals surface area contributed by atoms with Crippen molar-refractivity contribution in [3.05, 3.63) is 32.7 Å². The largest absolute Gasteiger partial charge is 0.490 e. The topological polar surface area (TPSA) is 60.3 Å². The van der Waals surface area contributed by atoms with E-state index in [1.807, 2.05) is 0 Å². The van der Waals surface area contributed by atoms with Crippen molar-refractivity contribution < 1.29 is 19.4 Å². The van der Waals surface area contributed by atoms with E-state index in [1.54, 1.807) is 12.1 Å². The highest BCUT2D eigenvalue weighted by Crippen LogP contribution is 2.37. The molecular weight excluding hydrogens is 412 g/mol. The van der Waals surface area contributed by atoms with Gasteiger partial charge in [-0.05, 0) is 18.9 Å². The maximum Gasteiger partial charge on any atom is 0.156 e. The van der Waals surface area contributed by atoms with E-state index in [0.29, 0.717) is 47.8 Å². The number of ether oxygens (including phenoxy) is 3. The van der Waals surface area contributed by atoms with Crippen LogP contribution in [0.15, 0.2) is 27.9 Å². The lowest BCUT2D eigenvalue weighted by atomic mass is 10.3. The summed E-state index contributed by atoms with van der Waals surface area (Å²) >= 11 is 23.4. The van der Waals surface area contributed by atoms with Crippen LogP contribution in [0, 0.1) is 0 Å². The van der Waals surface area contributed by atoms with Crippen molar-refractivity contribution in [2.24, 2.45) is 5.16 Å². The van der Waals surface area contributed by atoms with Crippen LogP contribution in [0.3, 0.4) is 0 Å². The Labute approximate surface area is 167 Å². The Kier molecular flexibility index (Phi) is 11.9. The second kappa shape index (κ2) is 13.4. The quantitative estimate of drug-likeness (QED) is 0.199. The van der Waals surface area contributed by atoms with Crippen LogP contribution >= 0.6 is 46.4 Å². The molecule has 0 bridgehead atoms. The molecule has 1 aromatic rings. The van der Waals surface area contributed by atoms with Gasteiger partial charge in [0.25, 0.3) is 0 Å². The molecule has 5 nitrogen and oxygen atoms in total. The van der Waals surface area contributed by atoms with Crippen molar-refractivity contribution >= 4 is 52.6 Å². The predicted molar refractivity (Wildman–Crippen MR) is 102 cm³/mol. The first-order valence-electron chi connectivity index (χ1n) is 7.54.